The average molecular weight is 290 g/mol. The van der Waals surface area contributed by atoms with Gasteiger partial charge in [0.25, 0.3) is 11.8 Å². The van der Waals surface area contributed by atoms with Crippen molar-refractivity contribution in [2.75, 3.05) is 32.2 Å². The van der Waals surface area contributed by atoms with Crippen molar-refractivity contribution >= 4 is 29.1 Å². The molecule has 1 aliphatic heterocycles. The van der Waals surface area contributed by atoms with Gasteiger partial charge in [0, 0.05) is 26.7 Å². The highest BCUT2D eigenvalue weighted by Crippen LogP contribution is 2.24. The number of anilines is 2. The van der Waals surface area contributed by atoms with E-state index in [0.717, 1.165) is 4.90 Å². The zero-order valence-electron chi connectivity index (χ0n) is 12.2. The van der Waals surface area contributed by atoms with Crippen molar-refractivity contribution in [1.82, 2.24) is 9.80 Å². The maximum atomic E-state index is 11.8. The summed E-state index contributed by atoms with van der Waals surface area (Å²) in [5.74, 6) is -0.663. The molecule has 0 spiro atoms. The number of imide groups is 1. The Balaban J connectivity index is 2.17. The first-order chi connectivity index (χ1) is 9.81. The van der Waals surface area contributed by atoms with Crippen LogP contribution < -0.4 is 11.1 Å². The third-order valence-corrected chi connectivity index (χ3v) is 3.42. The summed E-state index contributed by atoms with van der Waals surface area (Å²) in [5, 5.41) is 2.95. The van der Waals surface area contributed by atoms with Crippen LogP contribution in [0, 0.1) is 0 Å². The van der Waals surface area contributed by atoms with E-state index >= 15 is 0 Å². The molecule has 1 aromatic rings. The minimum absolute atomic E-state index is 0.104. The van der Waals surface area contributed by atoms with Crippen LogP contribution in [0.3, 0.4) is 0 Å². The van der Waals surface area contributed by atoms with Crippen LogP contribution in [0.4, 0.5) is 11.4 Å². The Morgan fingerprint density at radius 1 is 1.38 bits per heavy atom. The second kappa shape index (κ2) is 5.43. The van der Waals surface area contributed by atoms with E-state index in [1.54, 1.807) is 32.3 Å². The summed E-state index contributed by atoms with van der Waals surface area (Å²) in [5.41, 5.74) is 7.27. The van der Waals surface area contributed by atoms with Crippen LogP contribution in [0.2, 0.25) is 0 Å². The molecule has 21 heavy (non-hydrogen) atoms. The fourth-order valence-corrected chi connectivity index (χ4v) is 2.14. The molecule has 0 aromatic heterocycles. The summed E-state index contributed by atoms with van der Waals surface area (Å²) in [6, 6.07) is 4.21. The van der Waals surface area contributed by atoms with Crippen LogP contribution >= 0.6 is 0 Å². The number of nitrogen functional groups attached to an aromatic ring is 1. The molecule has 0 saturated carbocycles. The molecular weight excluding hydrogens is 272 g/mol. The Labute approximate surface area is 122 Å². The van der Waals surface area contributed by atoms with Crippen LogP contribution in [0.25, 0.3) is 0 Å². The third-order valence-electron chi connectivity index (χ3n) is 3.42. The molecule has 1 saturated heterocycles. The van der Waals surface area contributed by atoms with Gasteiger partial charge in [-0.3, -0.25) is 19.3 Å². The second-order valence-electron chi connectivity index (χ2n) is 5.19. The maximum absolute atomic E-state index is 11.8. The monoisotopic (exact) mass is 290 g/mol. The molecule has 3 amide bonds. The standard InChI is InChI=1S/C14H18N4O3/c1-17(2)13(20)8-4-5-10(9(15)6-8)16-11-7-12(19)18(3)14(11)21/h4-6,11,16H,7,15H2,1-3H3. The molecule has 0 aliphatic carbocycles. The zero-order chi connectivity index (χ0) is 15.7. The van der Waals surface area contributed by atoms with Crippen LogP contribution in [0.1, 0.15) is 16.8 Å². The normalized spacial score (nSPS) is 18.0. The molecule has 0 radical (unpaired) electrons. The van der Waals surface area contributed by atoms with E-state index in [9.17, 15) is 14.4 Å². The van der Waals surface area contributed by atoms with E-state index in [-0.39, 0.29) is 24.1 Å². The topological polar surface area (TPSA) is 95.7 Å². The molecule has 1 aromatic carbocycles. The van der Waals surface area contributed by atoms with Crippen molar-refractivity contribution in [2.45, 2.75) is 12.5 Å². The number of hydrogen-bond donors (Lipinski definition) is 2. The smallest absolute Gasteiger partial charge is 0.253 e. The van der Waals surface area contributed by atoms with Gasteiger partial charge in [-0.25, -0.2) is 0 Å². The predicted octanol–water partition coefficient (Wildman–Crippen LogP) is 0.140. The molecule has 0 bridgehead atoms. The molecule has 1 atom stereocenters. The Kier molecular flexibility index (Phi) is 3.84. The fraction of sp³-hybridized carbons (Fsp3) is 0.357. The number of amides is 3. The molecule has 7 nitrogen and oxygen atoms in total. The number of hydrogen-bond acceptors (Lipinski definition) is 5. The highest BCUT2D eigenvalue weighted by molar-refractivity contribution is 6.06. The van der Waals surface area contributed by atoms with Crippen LogP contribution in [0.15, 0.2) is 18.2 Å². The number of likely N-dealkylation sites (N-methyl/N-ethyl adjacent to an activating group) is 1. The number of nitrogens with one attached hydrogen (secondary N) is 1. The van der Waals surface area contributed by atoms with Gasteiger partial charge >= 0.3 is 0 Å². The molecular formula is C14H18N4O3. The van der Waals surface area contributed by atoms with Gasteiger partial charge in [0.1, 0.15) is 6.04 Å². The van der Waals surface area contributed by atoms with Crippen LogP contribution in [0.5, 0.6) is 0 Å². The largest absolute Gasteiger partial charge is 0.397 e. The van der Waals surface area contributed by atoms with Crippen LogP contribution in [-0.2, 0) is 9.59 Å². The van der Waals surface area contributed by atoms with E-state index < -0.39 is 6.04 Å². The van der Waals surface area contributed by atoms with Gasteiger partial charge < -0.3 is 16.0 Å². The molecule has 2 rings (SSSR count). The molecule has 3 N–H and O–H groups in total. The minimum Gasteiger partial charge on any atom is -0.397 e. The van der Waals surface area contributed by atoms with Crippen molar-refractivity contribution < 1.29 is 14.4 Å². The molecule has 1 aliphatic rings. The summed E-state index contributed by atoms with van der Waals surface area (Å²) in [4.78, 5) is 37.7. The Hall–Kier alpha value is -2.57. The van der Waals surface area contributed by atoms with Crippen molar-refractivity contribution in [1.29, 1.82) is 0 Å². The molecule has 112 valence electrons. The third kappa shape index (κ3) is 2.81. The van der Waals surface area contributed by atoms with Crippen molar-refractivity contribution in [3.63, 3.8) is 0 Å². The number of likely N-dealkylation sites (tertiary alicyclic amines) is 1. The zero-order valence-corrected chi connectivity index (χ0v) is 12.2. The van der Waals surface area contributed by atoms with Crippen molar-refractivity contribution in [2.24, 2.45) is 0 Å². The maximum Gasteiger partial charge on any atom is 0.253 e. The predicted molar refractivity (Wildman–Crippen MR) is 78.7 cm³/mol. The molecule has 1 heterocycles. The SMILES string of the molecule is CN(C)C(=O)c1ccc(NC2CC(=O)N(C)C2=O)c(N)c1. The van der Waals surface area contributed by atoms with Crippen molar-refractivity contribution in [3.8, 4) is 0 Å². The first-order valence-electron chi connectivity index (χ1n) is 6.49. The summed E-state index contributed by atoms with van der Waals surface area (Å²) in [6.45, 7) is 0. The van der Waals surface area contributed by atoms with Gasteiger partial charge in [-0.05, 0) is 18.2 Å². The second-order valence-corrected chi connectivity index (χ2v) is 5.19. The van der Waals surface area contributed by atoms with Gasteiger partial charge in [-0.15, -0.1) is 0 Å². The lowest BCUT2D eigenvalue weighted by Gasteiger charge is -2.16. The molecule has 1 unspecified atom stereocenters. The highest BCUT2D eigenvalue weighted by Gasteiger charge is 2.36. The summed E-state index contributed by atoms with van der Waals surface area (Å²) in [6.07, 6.45) is 0.104. The van der Waals surface area contributed by atoms with Gasteiger partial charge in [-0.2, -0.15) is 0 Å². The Morgan fingerprint density at radius 2 is 2.05 bits per heavy atom. The van der Waals surface area contributed by atoms with E-state index in [1.165, 1.54) is 11.9 Å². The minimum atomic E-state index is -0.611. The van der Waals surface area contributed by atoms with E-state index in [4.69, 9.17) is 5.73 Å². The van der Waals surface area contributed by atoms with Crippen LogP contribution in [-0.4, -0.2) is 54.7 Å². The number of nitrogens with two attached hydrogens (primary N) is 1. The van der Waals surface area contributed by atoms with Gasteiger partial charge in [0.05, 0.1) is 17.8 Å². The first kappa shape index (κ1) is 14.8. The lowest BCUT2D eigenvalue weighted by Crippen LogP contribution is -2.32. The Bertz CT molecular complexity index is 612. The number of carbonyl (C=O) groups excluding carboxylic acids is 3. The van der Waals surface area contributed by atoms with E-state index in [0.29, 0.717) is 16.9 Å². The molecule has 1 fully saturated rings. The Morgan fingerprint density at radius 3 is 2.52 bits per heavy atom. The number of benzene rings is 1. The summed E-state index contributed by atoms with van der Waals surface area (Å²) >= 11 is 0. The lowest BCUT2D eigenvalue weighted by molar-refractivity contribution is -0.136. The fourth-order valence-electron chi connectivity index (χ4n) is 2.14. The van der Waals surface area contributed by atoms with Gasteiger partial charge in [0.2, 0.25) is 5.91 Å². The van der Waals surface area contributed by atoms with Crippen molar-refractivity contribution in [3.05, 3.63) is 23.8 Å². The quantitative estimate of drug-likeness (QED) is 0.610. The number of nitrogens with zero attached hydrogens (tertiary/aromatic N) is 2. The van der Waals surface area contributed by atoms with E-state index in [2.05, 4.69) is 5.32 Å². The summed E-state index contributed by atoms with van der Waals surface area (Å²) < 4.78 is 0. The average Bonchev–Trinajstić information content (AvgIpc) is 2.67. The summed E-state index contributed by atoms with van der Waals surface area (Å²) in [7, 11) is 4.77. The first-order valence-corrected chi connectivity index (χ1v) is 6.49. The van der Waals surface area contributed by atoms with Gasteiger partial charge in [-0.1, -0.05) is 0 Å². The molecule has 7 heteroatoms. The van der Waals surface area contributed by atoms with E-state index in [1.807, 2.05) is 0 Å². The van der Waals surface area contributed by atoms with Gasteiger partial charge in [0.15, 0.2) is 0 Å². The number of rotatable bonds is 3. The highest BCUT2D eigenvalue weighted by atomic mass is 16.2. The number of carbonyl (C=O) groups is 3. The lowest BCUT2D eigenvalue weighted by atomic mass is 10.1.